The number of thiophene rings is 1. The topological polar surface area (TPSA) is 108 Å². The smallest absolute Gasteiger partial charge is 0.227 e. The minimum Gasteiger partial charge on any atom is -0.358 e. The fourth-order valence-corrected chi connectivity index (χ4v) is 6.10. The van der Waals surface area contributed by atoms with E-state index in [0.29, 0.717) is 0 Å². The molecule has 7 rings (SSSR count). The number of carbonyl (C=O) groups is 1. The van der Waals surface area contributed by atoms with E-state index in [1.54, 1.807) is 17.5 Å². The van der Waals surface area contributed by atoms with Crippen LogP contribution in [0.15, 0.2) is 66.6 Å². The Hall–Kier alpha value is -4.24. The molecule has 0 bridgehead atoms. The highest BCUT2D eigenvalue weighted by Gasteiger charge is 2.27. The lowest BCUT2D eigenvalue weighted by Crippen LogP contribution is -2.20. The summed E-state index contributed by atoms with van der Waals surface area (Å²) in [5.74, 6) is 0.206. The number of nitrogens with one attached hydrogen (secondary N) is 4. The third kappa shape index (κ3) is 4.01. The number of carbonyl (C=O) groups excluding carboxylic acids is 1. The van der Waals surface area contributed by atoms with Gasteiger partial charge < -0.3 is 16.0 Å². The first kappa shape index (κ1) is 22.0. The van der Waals surface area contributed by atoms with Crippen molar-refractivity contribution in [2.24, 2.45) is 5.92 Å². The molecule has 184 valence electrons. The zero-order chi connectivity index (χ0) is 24.8. The molecule has 5 heterocycles. The normalized spacial score (nSPS) is 16.9. The first-order valence-electron chi connectivity index (χ1n) is 12.5. The number of amides is 1. The molecule has 0 radical (unpaired) electrons. The number of hydrogen-bond donors (Lipinski definition) is 4. The van der Waals surface area contributed by atoms with E-state index in [0.717, 1.165) is 76.0 Å². The van der Waals surface area contributed by atoms with E-state index >= 15 is 0 Å². The van der Waals surface area contributed by atoms with Crippen LogP contribution in [0.3, 0.4) is 0 Å². The number of nitrogens with zero attached hydrogens (tertiary/aromatic N) is 3. The Morgan fingerprint density at radius 1 is 0.973 bits per heavy atom. The van der Waals surface area contributed by atoms with Gasteiger partial charge >= 0.3 is 0 Å². The molecular formula is C28H25N7OS. The zero-order valence-corrected chi connectivity index (χ0v) is 20.8. The lowest BCUT2D eigenvalue weighted by molar-refractivity contribution is -0.119. The van der Waals surface area contributed by atoms with Gasteiger partial charge in [0, 0.05) is 39.7 Å². The predicted octanol–water partition coefficient (Wildman–Crippen LogP) is 6.41. The molecule has 0 saturated heterocycles. The number of rotatable bonds is 5. The Balaban J connectivity index is 1.18. The summed E-state index contributed by atoms with van der Waals surface area (Å²) < 4.78 is 0. The van der Waals surface area contributed by atoms with Gasteiger partial charge in [-0.2, -0.15) is 5.10 Å². The molecule has 9 heteroatoms. The largest absolute Gasteiger partial charge is 0.358 e. The molecule has 1 fully saturated rings. The molecule has 1 atom stereocenters. The number of H-pyrrole nitrogens is 1. The Bertz CT molecular complexity index is 1600. The minimum absolute atomic E-state index is 0.0957. The highest BCUT2D eigenvalue weighted by molar-refractivity contribution is 7.13. The third-order valence-electron chi connectivity index (χ3n) is 7.26. The second kappa shape index (κ2) is 9.01. The molecule has 1 aromatic carbocycles. The van der Waals surface area contributed by atoms with Crippen molar-refractivity contribution in [3.63, 3.8) is 0 Å². The fraction of sp³-hybridized carbons (Fsp3) is 0.214. The van der Waals surface area contributed by atoms with Crippen LogP contribution < -0.4 is 16.0 Å². The summed E-state index contributed by atoms with van der Waals surface area (Å²) in [6.45, 7) is 0. The number of benzene rings is 1. The summed E-state index contributed by atoms with van der Waals surface area (Å²) in [6.07, 6.45) is 11.3. The summed E-state index contributed by atoms with van der Waals surface area (Å²) >= 11 is 1.69. The van der Waals surface area contributed by atoms with Crippen LogP contribution in [0.4, 0.5) is 17.1 Å². The molecule has 5 aromatic rings. The van der Waals surface area contributed by atoms with Gasteiger partial charge in [-0.1, -0.05) is 25.0 Å². The fourth-order valence-electron chi connectivity index (χ4n) is 5.35. The molecule has 1 amide bonds. The zero-order valence-electron chi connectivity index (χ0n) is 20.0. The lowest BCUT2D eigenvalue weighted by atomic mass is 10.0. The highest BCUT2D eigenvalue weighted by Crippen LogP contribution is 2.43. The van der Waals surface area contributed by atoms with Crippen LogP contribution in [0, 0.1) is 5.92 Å². The summed E-state index contributed by atoms with van der Waals surface area (Å²) in [5, 5.41) is 21.1. The SMILES string of the molecule is O=C(Nc1cncc(-c2ccc3n[nH]c(C4Nc5cncc(-c6cccs6)c5N4)c3c2)c1)C1CCCC1. The molecule has 8 nitrogen and oxygen atoms in total. The molecule has 1 aliphatic carbocycles. The van der Waals surface area contributed by atoms with Crippen molar-refractivity contribution in [3.8, 4) is 21.6 Å². The Kier molecular flexibility index (Phi) is 5.35. The quantitative estimate of drug-likeness (QED) is 0.219. The van der Waals surface area contributed by atoms with E-state index in [1.807, 2.05) is 42.9 Å². The molecular weight excluding hydrogens is 482 g/mol. The predicted molar refractivity (Wildman–Crippen MR) is 147 cm³/mol. The number of aromatic amines is 1. The average molecular weight is 508 g/mol. The van der Waals surface area contributed by atoms with Gasteiger partial charge in [0.05, 0.1) is 40.7 Å². The van der Waals surface area contributed by atoms with Crippen molar-refractivity contribution in [2.75, 3.05) is 16.0 Å². The van der Waals surface area contributed by atoms with Crippen molar-refractivity contribution in [1.82, 2.24) is 20.2 Å². The molecule has 1 saturated carbocycles. The minimum atomic E-state index is -0.173. The maximum atomic E-state index is 12.6. The van der Waals surface area contributed by atoms with Crippen molar-refractivity contribution >= 4 is 45.2 Å². The van der Waals surface area contributed by atoms with E-state index in [2.05, 4.69) is 53.6 Å². The number of fused-ring (bicyclic) bond motifs is 2. The number of pyridine rings is 2. The lowest BCUT2D eigenvalue weighted by Gasteiger charge is -2.12. The maximum absolute atomic E-state index is 12.6. The standard InChI is InChI=1S/C28H25N7OS/c36-28(16-4-1-2-5-16)31-19-10-18(12-29-13-19)17-7-8-22-20(11-17)26(35-34-22)27-32-23-15-30-14-21(25(23)33-27)24-6-3-9-37-24/h3,6-16,27,32-33H,1-2,4-5H2,(H,31,36)(H,34,35). The molecule has 37 heavy (non-hydrogen) atoms. The van der Waals surface area contributed by atoms with Crippen LogP contribution in [0.25, 0.3) is 32.5 Å². The summed E-state index contributed by atoms with van der Waals surface area (Å²) in [4.78, 5) is 22.6. The Labute approximate surface area is 217 Å². The summed E-state index contributed by atoms with van der Waals surface area (Å²) in [5.41, 5.74) is 7.59. The van der Waals surface area contributed by atoms with E-state index in [4.69, 9.17) is 0 Å². The van der Waals surface area contributed by atoms with E-state index in [-0.39, 0.29) is 18.0 Å². The van der Waals surface area contributed by atoms with Gasteiger partial charge in [-0.3, -0.25) is 19.9 Å². The number of hydrogen-bond acceptors (Lipinski definition) is 7. The Morgan fingerprint density at radius 3 is 2.73 bits per heavy atom. The highest BCUT2D eigenvalue weighted by atomic mass is 32.1. The van der Waals surface area contributed by atoms with E-state index < -0.39 is 0 Å². The maximum Gasteiger partial charge on any atom is 0.227 e. The van der Waals surface area contributed by atoms with Gasteiger partial charge in [0.2, 0.25) is 5.91 Å². The second-order valence-electron chi connectivity index (χ2n) is 9.61. The van der Waals surface area contributed by atoms with Gasteiger partial charge in [-0.15, -0.1) is 11.3 Å². The van der Waals surface area contributed by atoms with Crippen LogP contribution in [0.2, 0.25) is 0 Å². The number of aromatic nitrogens is 4. The van der Waals surface area contributed by atoms with Crippen molar-refractivity contribution in [3.05, 3.63) is 72.3 Å². The van der Waals surface area contributed by atoms with Crippen molar-refractivity contribution in [2.45, 2.75) is 31.8 Å². The summed E-state index contributed by atoms with van der Waals surface area (Å²) in [7, 11) is 0. The van der Waals surface area contributed by atoms with Gasteiger partial charge in [0.1, 0.15) is 6.17 Å². The van der Waals surface area contributed by atoms with Crippen LogP contribution in [0.1, 0.15) is 37.5 Å². The molecule has 4 N–H and O–H groups in total. The van der Waals surface area contributed by atoms with Crippen LogP contribution in [-0.4, -0.2) is 26.1 Å². The van der Waals surface area contributed by atoms with Gasteiger partial charge in [0.15, 0.2) is 0 Å². The molecule has 2 aliphatic rings. The van der Waals surface area contributed by atoms with Crippen molar-refractivity contribution in [1.29, 1.82) is 0 Å². The van der Waals surface area contributed by atoms with Crippen LogP contribution >= 0.6 is 11.3 Å². The molecule has 1 aliphatic heterocycles. The first-order chi connectivity index (χ1) is 18.2. The molecule has 1 unspecified atom stereocenters. The van der Waals surface area contributed by atoms with Crippen LogP contribution in [0.5, 0.6) is 0 Å². The first-order valence-corrected chi connectivity index (χ1v) is 13.4. The van der Waals surface area contributed by atoms with Gasteiger partial charge in [0.25, 0.3) is 0 Å². The van der Waals surface area contributed by atoms with E-state index in [1.165, 1.54) is 4.88 Å². The monoisotopic (exact) mass is 507 g/mol. The van der Waals surface area contributed by atoms with Gasteiger partial charge in [-0.25, -0.2) is 0 Å². The molecule has 0 spiro atoms. The van der Waals surface area contributed by atoms with E-state index in [9.17, 15) is 4.79 Å². The average Bonchev–Trinajstić information content (AvgIpc) is 3.74. The summed E-state index contributed by atoms with van der Waals surface area (Å²) in [6, 6.07) is 12.3. The number of anilines is 3. The molecule has 4 aromatic heterocycles. The third-order valence-corrected chi connectivity index (χ3v) is 8.16. The van der Waals surface area contributed by atoms with Gasteiger partial charge in [-0.05, 0) is 48.1 Å². The Morgan fingerprint density at radius 2 is 1.86 bits per heavy atom. The second-order valence-corrected chi connectivity index (χ2v) is 10.6. The van der Waals surface area contributed by atoms with Crippen LogP contribution in [-0.2, 0) is 4.79 Å². The van der Waals surface area contributed by atoms with Crippen molar-refractivity contribution < 1.29 is 4.79 Å².